The molecule has 2 aromatic rings. The van der Waals surface area contributed by atoms with E-state index in [1.165, 1.54) is 6.08 Å². The maximum absolute atomic E-state index is 11.8. The summed E-state index contributed by atoms with van der Waals surface area (Å²) in [6.45, 7) is 3.85. The van der Waals surface area contributed by atoms with Crippen LogP contribution >= 0.6 is 0 Å². The number of aryl methyl sites for hydroxylation is 2. The van der Waals surface area contributed by atoms with Gasteiger partial charge in [-0.1, -0.05) is 30.3 Å². The fourth-order valence-corrected chi connectivity index (χ4v) is 1.81. The first kappa shape index (κ1) is 13.9. The van der Waals surface area contributed by atoms with Gasteiger partial charge in [-0.05, 0) is 48.7 Å². The van der Waals surface area contributed by atoms with Crippen molar-refractivity contribution in [3.63, 3.8) is 0 Å². The molecule has 0 saturated heterocycles. The molecular formula is C17H17NO2. The average Bonchev–Trinajstić information content (AvgIpc) is 2.44. The first-order valence-electron chi connectivity index (χ1n) is 6.40. The third kappa shape index (κ3) is 3.48. The Balaban J connectivity index is 2.09. The van der Waals surface area contributed by atoms with E-state index in [4.69, 9.17) is 0 Å². The van der Waals surface area contributed by atoms with Gasteiger partial charge in [-0.3, -0.25) is 4.79 Å². The van der Waals surface area contributed by atoms with Crippen LogP contribution < -0.4 is 5.32 Å². The summed E-state index contributed by atoms with van der Waals surface area (Å²) in [5.74, 6) is -0.193. The van der Waals surface area contributed by atoms with E-state index < -0.39 is 0 Å². The van der Waals surface area contributed by atoms with Gasteiger partial charge in [-0.2, -0.15) is 0 Å². The number of phenols is 1. The van der Waals surface area contributed by atoms with Crippen molar-refractivity contribution in [1.29, 1.82) is 0 Å². The molecule has 2 aromatic carbocycles. The second kappa shape index (κ2) is 6.06. The normalized spacial score (nSPS) is 10.7. The minimum absolute atomic E-state index is 0.0783. The largest absolute Gasteiger partial charge is 0.506 e. The Morgan fingerprint density at radius 1 is 1.10 bits per heavy atom. The van der Waals surface area contributed by atoms with Crippen LogP contribution in [0.15, 0.2) is 48.5 Å². The fraction of sp³-hybridized carbons (Fsp3) is 0.118. The molecular weight excluding hydrogens is 250 g/mol. The zero-order valence-corrected chi connectivity index (χ0v) is 11.6. The molecule has 3 nitrogen and oxygen atoms in total. The lowest BCUT2D eigenvalue weighted by molar-refractivity contribution is -0.111. The van der Waals surface area contributed by atoms with Crippen molar-refractivity contribution in [1.82, 2.24) is 0 Å². The second-order valence-electron chi connectivity index (χ2n) is 4.69. The Labute approximate surface area is 118 Å². The lowest BCUT2D eigenvalue weighted by atomic mass is 10.1. The standard InChI is InChI=1S/C17H17NO2/c1-12-10-15(16(19)11-13(12)2)18-17(20)9-8-14-6-4-3-5-7-14/h3-11,19H,1-2H3,(H,18,20). The molecule has 2 N–H and O–H groups in total. The topological polar surface area (TPSA) is 49.3 Å². The summed E-state index contributed by atoms with van der Waals surface area (Å²) >= 11 is 0. The molecule has 0 aromatic heterocycles. The highest BCUT2D eigenvalue weighted by Gasteiger charge is 2.06. The van der Waals surface area contributed by atoms with Crippen LogP contribution in [0.4, 0.5) is 5.69 Å². The highest BCUT2D eigenvalue weighted by molar-refractivity contribution is 6.02. The van der Waals surface area contributed by atoms with E-state index in [9.17, 15) is 9.90 Å². The van der Waals surface area contributed by atoms with Crippen LogP contribution in [0.1, 0.15) is 16.7 Å². The Morgan fingerprint density at radius 3 is 2.45 bits per heavy atom. The zero-order chi connectivity index (χ0) is 14.5. The number of aromatic hydroxyl groups is 1. The number of rotatable bonds is 3. The van der Waals surface area contributed by atoms with Crippen molar-refractivity contribution in [3.8, 4) is 5.75 Å². The van der Waals surface area contributed by atoms with Gasteiger partial charge in [-0.25, -0.2) is 0 Å². The third-order valence-electron chi connectivity index (χ3n) is 3.10. The van der Waals surface area contributed by atoms with E-state index in [-0.39, 0.29) is 11.7 Å². The van der Waals surface area contributed by atoms with Crippen molar-refractivity contribution < 1.29 is 9.90 Å². The number of phenolic OH excluding ortho intramolecular Hbond substituents is 1. The Morgan fingerprint density at radius 2 is 1.75 bits per heavy atom. The number of carbonyl (C=O) groups excluding carboxylic acids is 1. The molecule has 0 saturated carbocycles. The van der Waals surface area contributed by atoms with Gasteiger partial charge in [0.2, 0.25) is 5.91 Å². The summed E-state index contributed by atoms with van der Waals surface area (Å²) in [6.07, 6.45) is 3.18. The quantitative estimate of drug-likeness (QED) is 0.658. The molecule has 3 heteroatoms. The summed E-state index contributed by atoms with van der Waals surface area (Å²) in [4.78, 5) is 11.8. The summed E-state index contributed by atoms with van der Waals surface area (Å²) in [7, 11) is 0. The van der Waals surface area contributed by atoms with E-state index in [1.54, 1.807) is 18.2 Å². The van der Waals surface area contributed by atoms with Crippen LogP contribution in [0.5, 0.6) is 5.75 Å². The van der Waals surface area contributed by atoms with Crippen molar-refractivity contribution in [2.24, 2.45) is 0 Å². The average molecular weight is 267 g/mol. The smallest absolute Gasteiger partial charge is 0.248 e. The minimum Gasteiger partial charge on any atom is -0.506 e. The predicted molar refractivity (Wildman–Crippen MR) is 81.7 cm³/mol. The maximum atomic E-state index is 11.8. The van der Waals surface area contributed by atoms with E-state index in [2.05, 4.69) is 5.32 Å². The summed E-state index contributed by atoms with van der Waals surface area (Å²) in [5.41, 5.74) is 3.38. The molecule has 1 amide bonds. The van der Waals surface area contributed by atoms with Gasteiger partial charge in [0.15, 0.2) is 0 Å². The lowest BCUT2D eigenvalue weighted by Crippen LogP contribution is -2.08. The Bertz CT molecular complexity index is 646. The van der Waals surface area contributed by atoms with Gasteiger partial charge in [-0.15, -0.1) is 0 Å². The molecule has 0 unspecified atom stereocenters. The molecule has 102 valence electrons. The minimum atomic E-state index is -0.271. The van der Waals surface area contributed by atoms with E-state index in [0.29, 0.717) is 5.69 Å². The molecule has 2 rings (SSSR count). The van der Waals surface area contributed by atoms with E-state index >= 15 is 0 Å². The number of nitrogens with one attached hydrogen (secondary N) is 1. The predicted octanol–water partition coefficient (Wildman–Crippen LogP) is 3.66. The van der Waals surface area contributed by atoms with Crippen LogP contribution in [-0.2, 0) is 4.79 Å². The van der Waals surface area contributed by atoms with Crippen molar-refractivity contribution in [2.75, 3.05) is 5.32 Å². The molecule has 0 fully saturated rings. The van der Waals surface area contributed by atoms with Crippen LogP contribution in [0.2, 0.25) is 0 Å². The van der Waals surface area contributed by atoms with Crippen molar-refractivity contribution >= 4 is 17.7 Å². The number of anilines is 1. The van der Waals surface area contributed by atoms with Crippen LogP contribution in [0.3, 0.4) is 0 Å². The van der Waals surface area contributed by atoms with Crippen molar-refractivity contribution in [3.05, 3.63) is 65.2 Å². The SMILES string of the molecule is Cc1cc(O)c(NC(=O)C=Cc2ccccc2)cc1C. The van der Waals surface area contributed by atoms with Gasteiger partial charge in [0.05, 0.1) is 5.69 Å². The molecule has 20 heavy (non-hydrogen) atoms. The second-order valence-corrected chi connectivity index (χ2v) is 4.69. The highest BCUT2D eigenvalue weighted by Crippen LogP contribution is 2.26. The van der Waals surface area contributed by atoms with E-state index in [1.807, 2.05) is 44.2 Å². The fourth-order valence-electron chi connectivity index (χ4n) is 1.81. The van der Waals surface area contributed by atoms with E-state index in [0.717, 1.165) is 16.7 Å². The van der Waals surface area contributed by atoms with Gasteiger partial charge < -0.3 is 10.4 Å². The number of hydrogen-bond donors (Lipinski definition) is 2. The first-order valence-corrected chi connectivity index (χ1v) is 6.40. The highest BCUT2D eigenvalue weighted by atomic mass is 16.3. The molecule has 0 aliphatic carbocycles. The molecule has 0 bridgehead atoms. The third-order valence-corrected chi connectivity index (χ3v) is 3.10. The number of hydrogen-bond acceptors (Lipinski definition) is 2. The van der Waals surface area contributed by atoms with Crippen LogP contribution in [0, 0.1) is 13.8 Å². The Hall–Kier alpha value is -2.55. The maximum Gasteiger partial charge on any atom is 0.248 e. The van der Waals surface area contributed by atoms with Gasteiger partial charge in [0.1, 0.15) is 5.75 Å². The van der Waals surface area contributed by atoms with Crippen LogP contribution in [-0.4, -0.2) is 11.0 Å². The van der Waals surface area contributed by atoms with Crippen molar-refractivity contribution in [2.45, 2.75) is 13.8 Å². The van der Waals surface area contributed by atoms with Gasteiger partial charge in [0, 0.05) is 6.08 Å². The number of benzene rings is 2. The molecule has 0 heterocycles. The summed E-state index contributed by atoms with van der Waals surface area (Å²) in [6, 6.07) is 13.0. The van der Waals surface area contributed by atoms with Gasteiger partial charge in [0.25, 0.3) is 0 Å². The zero-order valence-electron chi connectivity index (χ0n) is 11.6. The molecule has 0 spiro atoms. The summed E-state index contributed by atoms with van der Waals surface area (Å²) < 4.78 is 0. The molecule has 0 aliphatic heterocycles. The summed E-state index contributed by atoms with van der Waals surface area (Å²) in [5, 5.41) is 12.5. The lowest BCUT2D eigenvalue weighted by Gasteiger charge is -2.08. The molecule has 0 aliphatic rings. The molecule has 0 radical (unpaired) electrons. The first-order chi connectivity index (χ1) is 9.56. The Kier molecular flexibility index (Phi) is 4.20. The van der Waals surface area contributed by atoms with Crippen LogP contribution in [0.25, 0.3) is 6.08 Å². The van der Waals surface area contributed by atoms with Gasteiger partial charge >= 0.3 is 0 Å². The monoisotopic (exact) mass is 267 g/mol. The number of amides is 1. The number of carbonyl (C=O) groups is 1. The molecule has 0 atom stereocenters.